The van der Waals surface area contributed by atoms with Gasteiger partial charge in [0.15, 0.2) is 6.61 Å². The van der Waals surface area contributed by atoms with Crippen LogP contribution in [0.2, 0.25) is 0 Å². The van der Waals surface area contributed by atoms with E-state index in [4.69, 9.17) is 5.11 Å². The van der Waals surface area contributed by atoms with E-state index in [-0.39, 0.29) is 11.6 Å². The Morgan fingerprint density at radius 2 is 2.00 bits per heavy atom. The van der Waals surface area contributed by atoms with Gasteiger partial charge in [0.25, 0.3) is 5.91 Å². The highest BCUT2D eigenvalue weighted by atomic mass is 19.4. The number of alkyl halides is 3. The van der Waals surface area contributed by atoms with Gasteiger partial charge >= 0.3 is 12.1 Å². The number of amides is 1. The average molecular weight is 320 g/mol. The number of pyridine rings is 1. The molecule has 0 aliphatic rings. The molecule has 122 valence electrons. The fourth-order valence-electron chi connectivity index (χ4n) is 1.40. The monoisotopic (exact) mass is 320 g/mol. The number of ether oxygens (including phenoxy) is 1. The van der Waals surface area contributed by atoms with E-state index in [9.17, 15) is 22.8 Å². The summed E-state index contributed by atoms with van der Waals surface area (Å²) in [5, 5.41) is 11.2. The predicted molar refractivity (Wildman–Crippen MR) is 69.5 cm³/mol. The topological polar surface area (TPSA) is 88.5 Å². The second kappa shape index (κ2) is 7.10. The molecular weight excluding hydrogens is 305 g/mol. The van der Waals surface area contributed by atoms with Crippen molar-refractivity contribution in [1.82, 2.24) is 10.3 Å². The summed E-state index contributed by atoms with van der Waals surface area (Å²) in [5.41, 5.74) is -0.163. The summed E-state index contributed by atoms with van der Waals surface area (Å²) in [7, 11) is 0. The van der Waals surface area contributed by atoms with Gasteiger partial charge < -0.3 is 15.2 Å². The van der Waals surface area contributed by atoms with Gasteiger partial charge in [0.05, 0.1) is 5.92 Å². The SMILES string of the molecule is CC(NC(=O)c1cccc(OCC(F)(F)F)n1)C(C)C(=O)O. The molecule has 2 unspecified atom stereocenters. The largest absolute Gasteiger partial charge is 0.481 e. The number of hydrogen-bond acceptors (Lipinski definition) is 4. The lowest BCUT2D eigenvalue weighted by molar-refractivity contribution is -0.154. The molecule has 0 saturated carbocycles. The zero-order chi connectivity index (χ0) is 16.9. The van der Waals surface area contributed by atoms with Crippen molar-refractivity contribution in [3.8, 4) is 5.88 Å². The van der Waals surface area contributed by atoms with Gasteiger partial charge in [0.2, 0.25) is 5.88 Å². The molecule has 1 aromatic heterocycles. The van der Waals surface area contributed by atoms with Crippen molar-refractivity contribution < 1.29 is 32.6 Å². The number of nitrogens with one attached hydrogen (secondary N) is 1. The minimum atomic E-state index is -4.51. The van der Waals surface area contributed by atoms with Crippen molar-refractivity contribution in [3.63, 3.8) is 0 Å². The molecule has 0 aromatic carbocycles. The fourth-order valence-corrected chi connectivity index (χ4v) is 1.40. The Morgan fingerprint density at radius 3 is 2.55 bits per heavy atom. The Morgan fingerprint density at radius 1 is 1.36 bits per heavy atom. The minimum absolute atomic E-state index is 0.163. The number of halogens is 3. The van der Waals surface area contributed by atoms with Crippen molar-refractivity contribution in [2.45, 2.75) is 26.1 Å². The summed E-state index contributed by atoms with van der Waals surface area (Å²) in [4.78, 5) is 26.3. The standard InChI is InChI=1S/C13H15F3N2O4/c1-7(12(20)21)8(2)17-11(19)9-4-3-5-10(18-9)22-6-13(14,15)16/h3-5,7-8H,6H2,1-2H3,(H,17,19)(H,20,21). The molecule has 1 heterocycles. The molecule has 1 amide bonds. The van der Waals surface area contributed by atoms with Crippen LogP contribution in [0.1, 0.15) is 24.3 Å². The summed E-state index contributed by atoms with van der Waals surface area (Å²) < 4.78 is 40.6. The van der Waals surface area contributed by atoms with Crippen LogP contribution in [0, 0.1) is 5.92 Å². The molecule has 0 radical (unpaired) electrons. The number of rotatable bonds is 6. The van der Waals surface area contributed by atoms with E-state index in [0.29, 0.717) is 0 Å². The van der Waals surface area contributed by atoms with E-state index in [1.807, 2.05) is 0 Å². The highest BCUT2D eigenvalue weighted by Gasteiger charge is 2.29. The number of aromatic nitrogens is 1. The van der Waals surface area contributed by atoms with Gasteiger partial charge in [-0.3, -0.25) is 9.59 Å². The van der Waals surface area contributed by atoms with E-state index >= 15 is 0 Å². The highest BCUT2D eigenvalue weighted by molar-refractivity contribution is 5.92. The predicted octanol–water partition coefficient (Wildman–Crippen LogP) is 1.86. The molecule has 1 rings (SSSR count). The maximum atomic E-state index is 12.0. The van der Waals surface area contributed by atoms with Crippen molar-refractivity contribution in [3.05, 3.63) is 23.9 Å². The second-order valence-corrected chi connectivity index (χ2v) is 4.65. The number of carboxylic acid groups (broad SMARTS) is 1. The first-order chi connectivity index (χ1) is 10.1. The van der Waals surface area contributed by atoms with Crippen LogP contribution in [-0.2, 0) is 4.79 Å². The van der Waals surface area contributed by atoms with Gasteiger partial charge in [-0.05, 0) is 19.9 Å². The van der Waals surface area contributed by atoms with Gasteiger partial charge in [-0.2, -0.15) is 13.2 Å². The number of carboxylic acids is 1. The van der Waals surface area contributed by atoms with Gasteiger partial charge in [-0.25, -0.2) is 4.98 Å². The molecule has 22 heavy (non-hydrogen) atoms. The highest BCUT2D eigenvalue weighted by Crippen LogP contribution is 2.17. The first kappa shape index (κ1) is 17.7. The van der Waals surface area contributed by atoms with Crippen molar-refractivity contribution in [2.24, 2.45) is 5.92 Å². The van der Waals surface area contributed by atoms with Crippen molar-refractivity contribution in [2.75, 3.05) is 6.61 Å². The second-order valence-electron chi connectivity index (χ2n) is 4.65. The molecule has 0 fully saturated rings. The Kier molecular flexibility index (Phi) is 5.72. The van der Waals surface area contributed by atoms with Gasteiger partial charge in [-0.1, -0.05) is 6.07 Å². The van der Waals surface area contributed by atoms with Crippen LogP contribution < -0.4 is 10.1 Å². The number of carbonyl (C=O) groups excluding carboxylic acids is 1. The first-order valence-electron chi connectivity index (χ1n) is 6.30. The molecule has 1 aromatic rings. The van der Waals surface area contributed by atoms with E-state index < -0.39 is 36.6 Å². The van der Waals surface area contributed by atoms with Crippen molar-refractivity contribution in [1.29, 1.82) is 0 Å². The van der Waals surface area contributed by atoms with E-state index in [2.05, 4.69) is 15.0 Å². The number of hydrogen-bond donors (Lipinski definition) is 2. The quantitative estimate of drug-likeness (QED) is 0.835. The van der Waals surface area contributed by atoms with E-state index in [1.54, 1.807) is 0 Å². The van der Waals surface area contributed by atoms with Crippen LogP contribution in [0.4, 0.5) is 13.2 Å². The summed E-state index contributed by atoms with van der Waals surface area (Å²) in [6.07, 6.45) is -4.51. The van der Waals surface area contributed by atoms with Gasteiger partial charge in [-0.15, -0.1) is 0 Å². The maximum Gasteiger partial charge on any atom is 0.422 e. The lowest BCUT2D eigenvalue weighted by Crippen LogP contribution is -2.40. The lowest BCUT2D eigenvalue weighted by Gasteiger charge is -2.17. The average Bonchev–Trinajstić information content (AvgIpc) is 2.43. The zero-order valence-electron chi connectivity index (χ0n) is 11.8. The Balaban J connectivity index is 2.72. The molecular formula is C13H15F3N2O4. The van der Waals surface area contributed by atoms with Crippen molar-refractivity contribution >= 4 is 11.9 Å². The fraction of sp³-hybridized carbons (Fsp3) is 0.462. The van der Waals surface area contributed by atoms with Crippen LogP contribution in [0.25, 0.3) is 0 Å². The van der Waals surface area contributed by atoms with Crippen LogP contribution >= 0.6 is 0 Å². The van der Waals surface area contributed by atoms with Gasteiger partial charge in [0, 0.05) is 12.1 Å². The Hall–Kier alpha value is -2.32. The van der Waals surface area contributed by atoms with Crippen LogP contribution in [0.5, 0.6) is 5.88 Å². The van der Waals surface area contributed by atoms with E-state index in [0.717, 1.165) is 0 Å². The summed E-state index contributed by atoms with van der Waals surface area (Å²) in [6.45, 7) is 1.40. The van der Waals surface area contributed by atoms with E-state index in [1.165, 1.54) is 32.0 Å². The third kappa shape index (κ3) is 5.58. The smallest absolute Gasteiger partial charge is 0.422 e. The summed E-state index contributed by atoms with van der Waals surface area (Å²) in [6, 6.07) is 3.12. The molecule has 0 saturated heterocycles. The third-order valence-electron chi connectivity index (χ3n) is 2.84. The Labute approximate surface area is 124 Å². The molecule has 6 nitrogen and oxygen atoms in total. The van der Waals surface area contributed by atoms with Crippen LogP contribution in [0.15, 0.2) is 18.2 Å². The number of aliphatic carboxylic acids is 1. The molecule has 0 aliphatic carbocycles. The number of carbonyl (C=O) groups is 2. The normalized spacial score (nSPS) is 14.0. The molecule has 2 atom stereocenters. The van der Waals surface area contributed by atoms with Crippen LogP contribution in [0.3, 0.4) is 0 Å². The maximum absolute atomic E-state index is 12.0. The van der Waals surface area contributed by atoms with Crippen LogP contribution in [-0.4, -0.2) is 40.8 Å². The molecule has 0 spiro atoms. The molecule has 2 N–H and O–H groups in total. The summed E-state index contributed by atoms with van der Waals surface area (Å²) in [5.74, 6) is -2.95. The Bertz CT molecular complexity index is 548. The lowest BCUT2D eigenvalue weighted by atomic mass is 10.0. The van der Waals surface area contributed by atoms with Gasteiger partial charge in [0.1, 0.15) is 5.69 Å². The molecule has 0 aliphatic heterocycles. The molecule has 9 heteroatoms. The first-order valence-corrected chi connectivity index (χ1v) is 6.30. The number of nitrogens with zero attached hydrogens (tertiary/aromatic N) is 1. The third-order valence-corrected chi connectivity index (χ3v) is 2.84. The summed E-state index contributed by atoms with van der Waals surface area (Å²) >= 11 is 0. The minimum Gasteiger partial charge on any atom is -0.481 e. The zero-order valence-corrected chi connectivity index (χ0v) is 11.8. The molecule has 0 bridgehead atoms.